The highest BCUT2D eigenvalue weighted by Gasteiger charge is 2.47. The molecule has 6 nitrogen and oxygen atoms in total. The predicted octanol–water partition coefficient (Wildman–Crippen LogP) is 1.09. The topological polar surface area (TPSA) is 79.6 Å². The van der Waals surface area contributed by atoms with Gasteiger partial charge in [-0.05, 0) is 31.2 Å². The normalized spacial score (nSPS) is 27.5. The van der Waals surface area contributed by atoms with Crippen molar-refractivity contribution in [2.75, 3.05) is 0 Å². The Hall–Kier alpha value is -2.11. The highest BCUT2D eigenvalue weighted by atomic mass is 16.4. The van der Waals surface area contributed by atoms with Crippen LogP contribution in [-0.2, 0) is 16.1 Å². The van der Waals surface area contributed by atoms with E-state index in [0.717, 1.165) is 25.7 Å². The minimum absolute atomic E-state index is 0.0155. The summed E-state index contributed by atoms with van der Waals surface area (Å²) in [5.74, 6) is -0.926. The number of carbonyl (C=O) groups excluding carboxylic acids is 1. The van der Waals surface area contributed by atoms with Gasteiger partial charge in [0, 0.05) is 18.3 Å². The smallest absolute Gasteiger partial charge is 0.326 e. The van der Waals surface area contributed by atoms with Gasteiger partial charge in [-0.2, -0.15) is 0 Å². The largest absolute Gasteiger partial charge is 0.480 e. The maximum Gasteiger partial charge on any atom is 0.326 e. The van der Waals surface area contributed by atoms with Crippen molar-refractivity contribution in [3.63, 3.8) is 0 Å². The number of carboxylic acid groups (broad SMARTS) is 1. The van der Waals surface area contributed by atoms with Gasteiger partial charge in [-0.1, -0.05) is 18.9 Å². The first-order chi connectivity index (χ1) is 10.6. The van der Waals surface area contributed by atoms with Crippen molar-refractivity contribution in [3.8, 4) is 0 Å². The van der Waals surface area contributed by atoms with Crippen LogP contribution in [0, 0.1) is 5.92 Å². The van der Waals surface area contributed by atoms with Crippen LogP contribution >= 0.6 is 0 Å². The van der Waals surface area contributed by atoms with Gasteiger partial charge in [0.1, 0.15) is 12.6 Å². The zero-order valence-electron chi connectivity index (χ0n) is 12.4. The fraction of sp³-hybridized carbons (Fsp3) is 0.562. The van der Waals surface area contributed by atoms with Crippen molar-refractivity contribution in [1.82, 2.24) is 9.47 Å². The summed E-state index contributed by atoms with van der Waals surface area (Å²) >= 11 is 0. The quantitative estimate of drug-likeness (QED) is 0.906. The molecule has 0 radical (unpaired) electrons. The lowest BCUT2D eigenvalue weighted by Gasteiger charge is -2.33. The first-order valence-corrected chi connectivity index (χ1v) is 7.77. The van der Waals surface area contributed by atoms with E-state index in [1.807, 2.05) is 0 Å². The maximum atomic E-state index is 12.6. The van der Waals surface area contributed by atoms with E-state index in [4.69, 9.17) is 0 Å². The highest BCUT2D eigenvalue weighted by molar-refractivity contribution is 5.84. The molecule has 6 heteroatoms. The third kappa shape index (κ3) is 2.65. The van der Waals surface area contributed by atoms with Crippen LogP contribution in [0.4, 0.5) is 0 Å². The fourth-order valence-corrected chi connectivity index (χ4v) is 3.86. The average molecular weight is 304 g/mol. The Morgan fingerprint density at radius 3 is 2.73 bits per heavy atom. The number of aromatic nitrogens is 1. The molecule has 1 aliphatic carbocycles. The van der Waals surface area contributed by atoms with E-state index in [1.54, 1.807) is 18.3 Å². The standard InChI is InChI=1S/C16H20N2O4/c19-14-7-3-4-8-17(14)10-15(20)18-12-6-2-1-5-11(12)9-13(18)16(21)22/h3-4,7-8,11-13H,1-2,5-6,9-10H2,(H,21,22)/t11-,12-,13-/m0/s1. The number of carboxylic acids is 1. The molecular formula is C16H20N2O4. The number of hydrogen-bond donors (Lipinski definition) is 1. The maximum absolute atomic E-state index is 12.6. The first kappa shape index (κ1) is 14.8. The molecule has 2 aliphatic rings. The van der Waals surface area contributed by atoms with Gasteiger partial charge < -0.3 is 14.6 Å². The first-order valence-electron chi connectivity index (χ1n) is 7.77. The minimum Gasteiger partial charge on any atom is -0.480 e. The van der Waals surface area contributed by atoms with Gasteiger partial charge in [-0.25, -0.2) is 4.79 Å². The summed E-state index contributed by atoms with van der Waals surface area (Å²) in [6.07, 6.45) is 6.09. The number of rotatable bonds is 3. The van der Waals surface area contributed by atoms with E-state index in [1.165, 1.54) is 15.5 Å². The van der Waals surface area contributed by atoms with Crippen molar-refractivity contribution in [3.05, 3.63) is 34.7 Å². The number of aliphatic carboxylic acids is 1. The number of fused-ring (bicyclic) bond motifs is 1. The SMILES string of the molecule is O=C(O)[C@@H]1C[C@@H]2CCCC[C@@H]2N1C(=O)Cn1ccccc1=O. The van der Waals surface area contributed by atoms with Crippen LogP contribution in [0.2, 0.25) is 0 Å². The Balaban J connectivity index is 1.83. The molecule has 22 heavy (non-hydrogen) atoms. The van der Waals surface area contributed by atoms with Crippen LogP contribution in [0.5, 0.6) is 0 Å². The Morgan fingerprint density at radius 2 is 2.00 bits per heavy atom. The molecule has 0 bridgehead atoms. The molecule has 3 rings (SSSR count). The molecule has 1 saturated heterocycles. The Morgan fingerprint density at radius 1 is 1.23 bits per heavy atom. The second kappa shape index (κ2) is 5.94. The molecule has 1 aliphatic heterocycles. The van der Waals surface area contributed by atoms with Crippen LogP contribution in [0.1, 0.15) is 32.1 Å². The van der Waals surface area contributed by atoms with Crippen molar-refractivity contribution >= 4 is 11.9 Å². The van der Waals surface area contributed by atoms with Gasteiger partial charge in [0.25, 0.3) is 5.56 Å². The molecule has 0 aromatic carbocycles. The monoisotopic (exact) mass is 304 g/mol. The number of amides is 1. The van der Waals surface area contributed by atoms with Crippen molar-refractivity contribution in [2.45, 2.75) is 50.7 Å². The number of hydrogen-bond acceptors (Lipinski definition) is 3. The molecule has 1 N–H and O–H groups in total. The Kier molecular flexibility index (Phi) is 4.00. The van der Waals surface area contributed by atoms with Gasteiger partial charge in [0.15, 0.2) is 0 Å². The summed E-state index contributed by atoms with van der Waals surface area (Å²) in [5.41, 5.74) is -0.248. The zero-order chi connectivity index (χ0) is 15.7. The average Bonchev–Trinajstić information content (AvgIpc) is 2.89. The highest BCUT2D eigenvalue weighted by Crippen LogP contribution is 2.39. The predicted molar refractivity (Wildman–Crippen MR) is 79.3 cm³/mol. The summed E-state index contributed by atoms with van der Waals surface area (Å²) < 4.78 is 1.33. The number of pyridine rings is 1. The van der Waals surface area contributed by atoms with E-state index in [-0.39, 0.29) is 30.0 Å². The molecule has 1 aromatic heterocycles. The van der Waals surface area contributed by atoms with Gasteiger partial charge in [0.2, 0.25) is 5.91 Å². The third-order valence-electron chi connectivity index (χ3n) is 4.87. The zero-order valence-corrected chi connectivity index (χ0v) is 12.4. The van der Waals surface area contributed by atoms with Crippen LogP contribution in [0.15, 0.2) is 29.2 Å². The molecular weight excluding hydrogens is 284 g/mol. The molecule has 2 heterocycles. The Labute approximate surface area is 128 Å². The lowest BCUT2D eigenvalue weighted by molar-refractivity contribution is -0.150. The molecule has 1 aromatic rings. The van der Waals surface area contributed by atoms with Crippen molar-refractivity contribution < 1.29 is 14.7 Å². The summed E-state index contributed by atoms with van der Waals surface area (Å²) in [6.45, 7) is -0.0906. The van der Waals surface area contributed by atoms with Crippen LogP contribution in [0.3, 0.4) is 0 Å². The van der Waals surface area contributed by atoms with E-state index < -0.39 is 12.0 Å². The second-order valence-corrected chi connectivity index (χ2v) is 6.17. The molecule has 0 unspecified atom stereocenters. The molecule has 2 fully saturated rings. The van der Waals surface area contributed by atoms with E-state index >= 15 is 0 Å². The van der Waals surface area contributed by atoms with Gasteiger partial charge in [-0.3, -0.25) is 9.59 Å². The van der Waals surface area contributed by atoms with E-state index in [9.17, 15) is 19.5 Å². The van der Waals surface area contributed by atoms with Crippen LogP contribution < -0.4 is 5.56 Å². The molecule has 1 saturated carbocycles. The molecule has 1 amide bonds. The fourth-order valence-electron chi connectivity index (χ4n) is 3.86. The molecule has 118 valence electrons. The molecule has 0 spiro atoms. The lowest BCUT2D eigenvalue weighted by atomic mass is 9.85. The second-order valence-electron chi connectivity index (χ2n) is 6.17. The summed E-state index contributed by atoms with van der Waals surface area (Å²) in [7, 11) is 0. The third-order valence-corrected chi connectivity index (χ3v) is 4.87. The summed E-state index contributed by atoms with van der Waals surface area (Å²) in [6, 6.07) is 3.98. The van der Waals surface area contributed by atoms with Crippen LogP contribution in [0.25, 0.3) is 0 Å². The van der Waals surface area contributed by atoms with Crippen molar-refractivity contribution in [2.24, 2.45) is 5.92 Å². The van der Waals surface area contributed by atoms with Gasteiger partial charge in [0.05, 0.1) is 0 Å². The summed E-state index contributed by atoms with van der Waals surface area (Å²) in [5, 5.41) is 9.44. The molecule has 3 atom stereocenters. The summed E-state index contributed by atoms with van der Waals surface area (Å²) in [4.78, 5) is 37.4. The lowest BCUT2D eigenvalue weighted by Crippen LogP contribution is -2.48. The van der Waals surface area contributed by atoms with Crippen molar-refractivity contribution in [1.29, 1.82) is 0 Å². The van der Waals surface area contributed by atoms with E-state index in [2.05, 4.69) is 0 Å². The van der Waals surface area contributed by atoms with Gasteiger partial charge in [-0.15, -0.1) is 0 Å². The van der Waals surface area contributed by atoms with Gasteiger partial charge >= 0.3 is 5.97 Å². The Bertz CT molecular complexity index is 639. The number of nitrogens with zero attached hydrogens (tertiary/aromatic N) is 2. The minimum atomic E-state index is -0.942. The van der Waals surface area contributed by atoms with E-state index in [0.29, 0.717) is 6.42 Å². The number of carbonyl (C=O) groups is 2. The number of likely N-dealkylation sites (tertiary alicyclic amines) is 1. The van der Waals surface area contributed by atoms with Crippen LogP contribution in [-0.4, -0.2) is 38.5 Å².